The van der Waals surface area contributed by atoms with Crippen LogP contribution in [-0.4, -0.2) is 66.8 Å². The molecule has 0 bridgehead atoms. The fourth-order valence-electron chi connectivity index (χ4n) is 4.19. The molecule has 0 saturated carbocycles. The molecule has 0 atom stereocenters. The number of fused-ring (bicyclic) bond motifs is 1. The summed E-state index contributed by atoms with van der Waals surface area (Å²) in [7, 11) is 0. The maximum Gasteiger partial charge on any atom is 0.0702 e. The lowest BCUT2D eigenvalue weighted by Gasteiger charge is -2.31. The van der Waals surface area contributed by atoms with E-state index in [0.717, 1.165) is 57.4 Å². The van der Waals surface area contributed by atoms with Crippen molar-refractivity contribution in [2.24, 2.45) is 0 Å². The molecule has 0 saturated heterocycles. The molecule has 168 valence electrons. The number of rotatable bonds is 12. The summed E-state index contributed by atoms with van der Waals surface area (Å²) in [6, 6.07) is 16.9. The van der Waals surface area contributed by atoms with Crippen LogP contribution in [0.5, 0.6) is 0 Å². The van der Waals surface area contributed by atoms with Crippen molar-refractivity contribution in [1.82, 2.24) is 14.5 Å². The van der Waals surface area contributed by atoms with Gasteiger partial charge in [0, 0.05) is 48.3 Å². The first-order valence-corrected chi connectivity index (χ1v) is 12.0. The topological polar surface area (TPSA) is 14.7 Å². The van der Waals surface area contributed by atoms with E-state index < -0.39 is 0 Å². The molecule has 31 heavy (non-hydrogen) atoms. The van der Waals surface area contributed by atoms with Crippen LogP contribution in [0.2, 0.25) is 5.02 Å². The van der Waals surface area contributed by atoms with Crippen molar-refractivity contribution in [2.75, 3.05) is 57.4 Å². The smallest absolute Gasteiger partial charge is 0.0702 e. The van der Waals surface area contributed by atoms with E-state index in [9.17, 15) is 0 Å². The highest BCUT2D eigenvalue weighted by molar-refractivity contribution is 6.31. The van der Waals surface area contributed by atoms with E-state index in [0.29, 0.717) is 0 Å². The van der Waals surface area contributed by atoms with Gasteiger partial charge in [-0.05, 0) is 49.9 Å². The van der Waals surface area contributed by atoms with Crippen LogP contribution in [0.4, 0.5) is 0 Å². The molecule has 0 aliphatic heterocycles. The number of hydrogen-bond donors (Lipinski definition) is 0. The van der Waals surface area contributed by atoms with Crippen molar-refractivity contribution in [3.05, 3.63) is 59.8 Å². The Kier molecular flexibility index (Phi) is 8.82. The summed E-state index contributed by atoms with van der Waals surface area (Å²) in [5.74, 6) is 0. The second kappa shape index (κ2) is 11.6. The Balaban J connectivity index is 2.01. The molecule has 0 spiro atoms. The van der Waals surface area contributed by atoms with Crippen LogP contribution in [0.25, 0.3) is 22.0 Å². The van der Waals surface area contributed by atoms with Crippen LogP contribution in [-0.2, 0) is 0 Å². The Bertz CT molecular complexity index is 913. The van der Waals surface area contributed by atoms with E-state index in [1.165, 1.54) is 22.0 Å². The Morgan fingerprint density at radius 3 is 1.87 bits per heavy atom. The largest absolute Gasteiger partial charge is 0.310 e. The molecule has 0 aliphatic carbocycles. The Morgan fingerprint density at radius 2 is 1.32 bits per heavy atom. The van der Waals surface area contributed by atoms with Crippen LogP contribution < -0.4 is 5.01 Å². The van der Waals surface area contributed by atoms with Gasteiger partial charge in [0.2, 0.25) is 0 Å². The minimum absolute atomic E-state index is 0.778. The lowest BCUT2D eigenvalue weighted by Crippen LogP contribution is -2.45. The molecule has 0 N–H and O–H groups in total. The van der Waals surface area contributed by atoms with E-state index >= 15 is 0 Å². The molecule has 5 heteroatoms. The van der Waals surface area contributed by atoms with Gasteiger partial charge in [0.05, 0.1) is 5.52 Å². The highest BCUT2D eigenvalue weighted by Crippen LogP contribution is 2.32. The molecule has 2 aromatic carbocycles. The lowest BCUT2D eigenvalue weighted by molar-refractivity contribution is 0.282. The molecular formula is C26H37ClN4. The molecule has 1 aromatic heterocycles. The van der Waals surface area contributed by atoms with Crippen molar-refractivity contribution in [3.63, 3.8) is 0 Å². The molecule has 0 unspecified atom stereocenters. The van der Waals surface area contributed by atoms with Gasteiger partial charge in [-0.25, -0.2) is 0 Å². The zero-order valence-corrected chi connectivity index (χ0v) is 20.3. The summed E-state index contributed by atoms with van der Waals surface area (Å²) in [6.07, 6.45) is 2.29. The van der Waals surface area contributed by atoms with Crippen LogP contribution in [0.15, 0.2) is 54.7 Å². The third-order valence-corrected chi connectivity index (χ3v) is 6.51. The average molecular weight is 441 g/mol. The van der Waals surface area contributed by atoms with Gasteiger partial charge in [-0.2, -0.15) is 0 Å². The van der Waals surface area contributed by atoms with Crippen LogP contribution >= 0.6 is 11.6 Å². The Morgan fingerprint density at radius 1 is 0.742 bits per heavy atom. The molecule has 4 nitrogen and oxygen atoms in total. The number of aromatic nitrogens is 1. The van der Waals surface area contributed by atoms with Gasteiger partial charge in [-0.1, -0.05) is 69.6 Å². The number of hydrogen-bond acceptors (Lipinski definition) is 3. The second-order valence-electron chi connectivity index (χ2n) is 7.92. The maximum atomic E-state index is 6.41. The van der Waals surface area contributed by atoms with Gasteiger partial charge in [0.15, 0.2) is 0 Å². The summed E-state index contributed by atoms with van der Waals surface area (Å²) < 4.78 is 2.36. The van der Waals surface area contributed by atoms with Crippen molar-refractivity contribution >= 4 is 22.5 Å². The molecular weight excluding hydrogens is 404 g/mol. The van der Waals surface area contributed by atoms with Crippen molar-refractivity contribution in [2.45, 2.75) is 27.7 Å². The summed E-state index contributed by atoms with van der Waals surface area (Å²) in [5.41, 5.74) is 3.66. The average Bonchev–Trinajstić information content (AvgIpc) is 3.17. The molecule has 3 rings (SSSR count). The Hall–Kier alpha value is -2.01. The van der Waals surface area contributed by atoms with E-state index in [-0.39, 0.29) is 0 Å². The summed E-state index contributed by atoms with van der Waals surface area (Å²) in [6.45, 7) is 17.4. The van der Waals surface area contributed by atoms with Crippen molar-refractivity contribution in [1.29, 1.82) is 0 Å². The molecule has 1 heterocycles. The van der Waals surface area contributed by atoms with Gasteiger partial charge < -0.3 is 14.8 Å². The predicted octanol–water partition coefficient (Wildman–Crippen LogP) is 5.58. The van der Waals surface area contributed by atoms with E-state index in [4.69, 9.17) is 11.6 Å². The first-order valence-electron chi connectivity index (χ1n) is 11.7. The third kappa shape index (κ3) is 5.82. The zero-order chi connectivity index (χ0) is 22.2. The lowest BCUT2D eigenvalue weighted by atomic mass is 10.1. The summed E-state index contributed by atoms with van der Waals surface area (Å²) in [5, 5.41) is 4.48. The zero-order valence-electron chi connectivity index (χ0n) is 19.5. The first kappa shape index (κ1) is 23.6. The standard InChI is InChI=1S/C26H37ClN4/c1-5-28(6-2)16-18-30(19-17-29(7-3)8-4)31-21-25(22-12-10-9-11-13-22)24-20-23(27)14-15-26(24)31/h9-15,20-21H,5-8,16-19H2,1-4H3. The number of nitrogens with zero attached hydrogens (tertiary/aromatic N) is 4. The minimum Gasteiger partial charge on any atom is -0.310 e. The van der Waals surface area contributed by atoms with Crippen LogP contribution in [0.1, 0.15) is 27.7 Å². The van der Waals surface area contributed by atoms with Crippen LogP contribution in [0.3, 0.4) is 0 Å². The first-order chi connectivity index (χ1) is 15.1. The summed E-state index contributed by atoms with van der Waals surface area (Å²) >= 11 is 6.41. The second-order valence-corrected chi connectivity index (χ2v) is 8.36. The highest BCUT2D eigenvalue weighted by Gasteiger charge is 2.16. The normalized spacial score (nSPS) is 11.7. The van der Waals surface area contributed by atoms with Gasteiger partial charge in [0.25, 0.3) is 0 Å². The highest BCUT2D eigenvalue weighted by atomic mass is 35.5. The molecule has 0 fully saturated rings. The predicted molar refractivity (Wildman–Crippen MR) is 136 cm³/mol. The molecule has 0 aliphatic rings. The fraction of sp³-hybridized carbons (Fsp3) is 0.462. The van der Waals surface area contributed by atoms with Gasteiger partial charge >= 0.3 is 0 Å². The van der Waals surface area contributed by atoms with E-state index in [1.807, 2.05) is 6.07 Å². The van der Waals surface area contributed by atoms with Crippen molar-refractivity contribution in [3.8, 4) is 11.1 Å². The van der Waals surface area contributed by atoms with Crippen molar-refractivity contribution < 1.29 is 0 Å². The number of likely N-dealkylation sites (N-methyl/N-ethyl adjacent to an activating group) is 2. The van der Waals surface area contributed by atoms with E-state index in [1.54, 1.807) is 0 Å². The van der Waals surface area contributed by atoms with Gasteiger partial charge in [-0.3, -0.25) is 4.68 Å². The molecule has 0 amide bonds. The SMILES string of the molecule is CCN(CC)CCN(CCN(CC)CC)n1cc(-c2ccccc2)c2cc(Cl)ccc21. The molecule has 0 radical (unpaired) electrons. The minimum atomic E-state index is 0.778. The van der Waals surface area contributed by atoms with Gasteiger partial charge in [0.1, 0.15) is 0 Å². The monoisotopic (exact) mass is 440 g/mol. The quantitative estimate of drug-likeness (QED) is 0.365. The number of halogens is 1. The third-order valence-electron chi connectivity index (χ3n) is 6.27. The Labute approximate surface area is 193 Å². The summed E-state index contributed by atoms with van der Waals surface area (Å²) in [4.78, 5) is 4.98. The fourth-order valence-corrected chi connectivity index (χ4v) is 4.36. The molecule has 3 aromatic rings. The number of benzene rings is 2. The maximum absolute atomic E-state index is 6.41. The van der Waals surface area contributed by atoms with E-state index in [2.05, 4.69) is 95.8 Å². The van der Waals surface area contributed by atoms with Gasteiger partial charge in [-0.15, -0.1) is 0 Å². The van der Waals surface area contributed by atoms with Crippen LogP contribution in [0, 0.1) is 0 Å².